The Hall–Kier alpha value is -1.33. The molecule has 2 heterocycles. The minimum absolute atomic E-state index is 0.333. The Labute approximate surface area is 700 Å². The van der Waals surface area contributed by atoms with Crippen LogP contribution in [-0.2, 0) is 130 Å². The topological polar surface area (TPSA) is 391 Å². The molecule has 114 heavy (non-hydrogen) atoms. The minimum atomic E-state index is -2.54. The van der Waals surface area contributed by atoms with E-state index in [0.29, 0.717) is 122 Å². The van der Waals surface area contributed by atoms with Gasteiger partial charge in [-0.3, -0.25) is 0 Å². The molecule has 2 aliphatic heterocycles. The number of nitrogens with two attached hydrogens (primary N) is 2. The first-order valence-corrected chi connectivity index (χ1v) is 55.2. The van der Waals surface area contributed by atoms with Gasteiger partial charge in [-0.05, 0) is 143 Å². The largest absolute Gasteiger partial charge is 0.500 e. The van der Waals surface area contributed by atoms with Gasteiger partial charge in [0.1, 0.15) is 6.10 Å². The van der Waals surface area contributed by atoms with Gasteiger partial charge in [-0.25, -0.2) is 19.6 Å². The number of nitrogens with one attached hydrogen (secondary N) is 2. The number of para-hydroxylation sites is 1. The molecule has 4 atom stereocenters. The number of nitrogens with zero attached hydrogens (tertiary/aromatic N) is 2. The second kappa shape index (κ2) is 76.5. The zero-order chi connectivity index (χ0) is 86.8. The molecule has 44 heteroatoms. The van der Waals surface area contributed by atoms with E-state index in [4.69, 9.17) is 132 Å². The van der Waals surface area contributed by atoms with Crippen LogP contribution in [-0.4, -0.2) is 333 Å². The van der Waals surface area contributed by atoms with E-state index >= 15 is 0 Å². The predicted molar refractivity (Wildman–Crippen MR) is 460 cm³/mol. The summed E-state index contributed by atoms with van der Waals surface area (Å²) in [6, 6.07) is 16.5. The maximum atomic E-state index is 9.93. The Morgan fingerprint density at radius 3 is 1.11 bits per heavy atom. The van der Waals surface area contributed by atoms with E-state index in [1.54, 1.807) is 128 Å². The molecule has 6 N–H and O–H groups in total. The minimum Gasteiger partial charge on any atom is -0.385 e. The number of ether oxygens (including phenoxy) is 3. The summed E-state index contributed by atoms with van der Waals surface area (Å²) < 4.78 is 145. The second-order valence-corrected chi connectivity index (χ2v) is 48.9. The Balaban J connectivity index is -0.000000608. The Bertz CT molecular complexity index is 2300. The van der Waals surface area contributed by atoms with Gasteiger partial charge in [0.25, 0.3) is 0 Å². The van der Waals surface area contributed by atoms with Crippen molar-refractivity contribution in [2.75, 3.05) is 238 Å². The molecule has 678 valence electrons. The summed E-state index contributed by atoms with van der Waals surface area (Å²) in [5, 5.41) is 6.37. The van der Waals surface area contributed by atoms with Crippen LogP contribution in [0.4, 0.5) is 5.69 Å². The highest BCUT2D eigenvalue weighted by Crippen LogP contribution is 2.42. The molecule has 1 aromatic carbocycles. The van der Waals surface area contributed by atoms with Crippen molar-refractivity contribution < 1.29 is 130 Å². The zero-order valence-electron chi connectivity index (χ0n) is 74.1. The van der Waals surface area contributed by atoms with Crippen LogP contribution < -0.4 is 22.1 Å². The lowest BCUT2D eigenvalue weighted by molar-refractivity contribution is 0.0702. The molecule has 35 nitrogen and oxygen atoms in total. The first-order valence-electron chi connectivity index (χ1n) is 39.2. The fourth-order valence-electron chi connectivity index (χ4n) is 11.2. The molecule has 0 spiro atoms. The molecule has 4 unspecified atom stereocenters. The average molecular weight is 1800 g/mol. The van der Waals surface area contributed by atoms with Gasteiger partial charge in [-0.2, -0.15) is 12.6 Å². The standard InChI is InChI=1S/C12H21NO3Si.C10H21NO4Si.C10H20O4Si.C9H23NO3Si.C9H20O5Si.C7H20N2O3Si.C7H15NO4Si.C6H16O3SSi/c1-14-17(15-2,16-3)11-7-10-13-12-8-5-4-6-9-12;1-4-13-16(14-5-2,15-6-3)9-7-8-11-10-12;1-11-15(12-2,13-3)7-8-4-5-9-10(6-8)14-9;1-4-11-14(12-5-2,13-6-3)9-7-8-10;1-10-15(11-2,12-3)6-4-5-13-7-9-8-14-9;1-10-13(11-2,12-3)6-4-5-9-7-8;1-10-13(11-2,12-3)6-4-5-8-7-9;1-7-11(8-2,9-3)6-4-5-10/h4-6,8-9,13H,7,10-11H2,1-3H3;4-9H2,1-3H3;8-10H,4-7H2,1-3H3;4-10H2,1-3H3;9H,4-8H2,1-3H3;9H,4-8H2,1-3H3;4-6H2,1-3H3;10H,4-6H2,1-3H3. The van der Waals surface area contributed by atoms with Crippen LogP contribution in [0.1, 0.15) is 106 Å². The smallest absolute Gasteiger partial charge is 0.385 e. The Morgan fingerprint density at radius 1 is 0.439 bits per heavy atom. The maximum Gasteiger partial charge on any atom is 0.500 e. The van der Waals surface area contributed by atoms with Crippen molar-refractivity contribution in [1.82, 2.24) is 5.32 Å². The van der Waals surface area contributed by atoms with Crippen molar-refractivity contribution in [2.45, 2.75) is 172 Å². The van der Waals surface area contributed by atoms with Crippen molar-refractivity contribution in [3.05, 3.63) is 30.3 Å². The maximum absolute atomic E-state index is 9.93. The van der Waals surface area contributed by atoms with E-state index in [2.05, 4.69) is 33.2 Å². The van der Waals surface area contributed by atoms with E-state index in [1.165, 1.54) is 25.0 Å². The van der Waals surface area contributed by atoms with Crippen LogP contribution in [0, 0.1) is 5.92 Å². The van der Waals surface area contributed by atoms with Crippen LogP contribution in [0.5, 0.6) is 0 Å². The number of aliphatic imine (C=N–C) groups is 2. The molecular weight excluding hydrogens is 1650 g/mol. The van der Waals surface area contributed by atoms with E-state index in [0.717, 1.165) is 112 Å². The van der Waals surface area contributed by atoms with Gasteiger partial charge in [0.15, 0.2) is 0 Å². The third-order valence-electron chi connectivity index (χ3n) is 17.6. The highest BCUT2D eigenvalue weighted by atomic mass is 32.1. The van der Waals surface area contributed by atoms with E-state index < -0.39 is 70.4 Å². The molecule has 0 amide bonds. The molecule has 1 saturated carbocycles. The summed E-state index contributed by atoms with van der Waals surface area (Å²) >= 11 is 4.10. The first-order chi connectivity index (χ1) is 55.0. The monoisotopic (exact) mass is 1800 g/mol. The van der Waals surface area contributed by atoms with Gasteiger partial charge in [-0.15, -0.1) is 0 Å². The number of fused-ring (bicyclic) bond motifs is 1. The molecule has 1 aliphatic carbocycles. The number of benzene rings is 1. The number of thiol groups is 1. The predicted octanol–water partition coefficient (Wildman–Crippen LogP) is 9.15. The van der Waals surface area contributed by atoms with Crippen LogP contribution in [0.3, 0.4) is 0 Å². The number of hydrogen-bond donors (Lipinski definition) is 5. The van der Waals surface area contributed by atoms with E-state index in [1.807, 2.05) is 71.9 Å². The summed E-state index contributed by atoms with van der Waals surface area (Å²) in [6.45, 7) is 21.3. The molecule has 3 aliphatic rings. The molecule has 3 fully saturated rings. The van der Waals surface area contributed by atoms with E-state index in [9.17, 15) is 9.59 Å². The third-order valence-corrected chi connectivity index (χ3v) is 41.3. The summed E-state index contributed by atoms with van der Waals surface area (Å²) in [7, 11) is 10.1. The number of rotatable bonds is 62. The number of carbonyl (C=O) groups excluding carboxylic acids is 2. The summed E-state index contributed by atoms with van der Waals surface area (Å²) in [5.41, 5.74) is 11.9. The van der Waals surface area contributed by atoms with Crippen molar-refractivity contribution in [1.29, 1.82) is 0 Å². The molecule has 0 radical (unpaired) electrons. The number of epoxide rings is 2. The fourth-order valence-corrected chi connectivity index (χ4v) is 27.5. The molecule has 0 aromatic heterocycles. The molecular formula is C70H156N6O29SSi8. The summed E-state index contributed by atoms with van der Waals surface area (Å²) in [6.07, 6.45) is 14.0. The SMILES string of the molecule is CCO[Si](CCCN)(OCC)OCC.CCO[Si](CCCN=C=O)(OCC)OCC.CO[Si](CC1CCC2OC2C1)(OC)OC.CO[Si](CCCN=C=O)(OC)OC.CO[Si](CCCNCN)(OC)OC.CO[Si](CCCNc1ccccc1)(OC)OC.CO[Si](CCCOCC1CO1)(OC)OC.CO[Si](CCCS)(OC)OC. The van der Waals surface area contributed by atoms with Crippen molar-refractivity contribution in [2.24, 2.45) is 27.4 Å². The van der Waals surface area contributed by atoms with E-state index in [-0.39, 0.29) is 0 Å². The van der Waals surface area contributed by atoms with Crippen molar-refractivity contribution in [3.63, 3.8) is 0 Å². The summed E-state index contributed by atoms with van der Waals surface area (Å²) in [4.78, 5) is 26.6. The average Bonchev–Trinajstić information content (AvgIpc) is 1.65. The van der Waals surface area contributed by atoms with Crippen LogP contribution in [0.25, 0.3) is 0 Å². The summed E-state index contributed by atoms with van der Waals surface area (Å²) in [5.74, 6) is 1.48. The molecule has 2 saturated heterocycles. The number of isocyanates is 2. The van der Waals surface area contributed by atoms with Gasteiger partial charge in [-0.1, -0.05) is 18.2 Å². The zero-order valence-corrected chi connectivity index (χ0v) is 83.0. The highest BCUT2D eigenvalue weighted by molar-refractivity contribution is 7.80. The lowest BCUT2D eigenvalue weighted by atomic mass is 9.91. The van der Waals surface area contributed by atoms with Gasteiger partial charge in [0.2, 0.25) is 12.2 Å². The molecule has 4 rings (SSSR count). The van der Waals surface area contributed by atoms with Crippen LogP contribution in [0.2, 0.25) is 48.4 Å². The second-order valence-electron chi connectivity index (χ2n) is 24.5. The third kappa shape index (κ3) is 54.9. The van der Waals surface area contributed by atoms with Crippen LogP contribution >= 0.6 is 12.6 Å². The Morgan fingerprint density at radius 2 is 0.781 bits per heavy atom. The van der Waals surface area contributed by atoms with Gasteiger partial charge >= 0.3 is 70.4 Å². The number of anilines is 1. The van der Waals surface area contributed by atoms with Crippen molar-refractivity contribution >= 4 is 101 Å². The van der Waals surface area contributed by atoms with Gasteiger partial charge in [0.05, 0.1) is 38.5 Å². The first kappa shape index (κ1) is 119. The lowest BCUT2D eigenvalue weighted by Crippen LogP contribution is -2.46. The highest BCUT2D eigenvalue weighted by Gasteiger charge is 2.49. The van der Waals surface area contributed by atoms with Crippen LogP contribution in [0.15, 0.2) is 40.3 Å². The fraction of sp³-hybridized carbons (Fsp3) is 0.886. The normalized spacial score (nSPS) is 15.9. The Kier molecular flexibility index (Phi) is 79.9. The molecule has 0 bridgehead atoms. The van der Waals surface area contributed by atoms with Gasteiger partial charge < -0.3 is 143 Å². The number of hydrogen-bond acceptors (Lipinski definition) is 36. The molecule has 1 aromatic rings. The lowest BCUT2D eigenvalue weighted by Gasteiger charge is -2.29. The van der Waals surface area contributed by atoms with Crippen molar-refractivity contribution in [3.8, 4) is 0 Å². The quantitative estimate of drug-likeness (QED) is 0.00771. The van der Waals surface area contributed by atoms with Gasteiger partial charge in [0, 0.05) is 241 Å².